The zero-order chi connectivity index (χ0) is 15.9. The SMILES string of the molecule is CCN(CC)S(=O)(=O)c1cccc(C(=O)NCCCO)c1. The van der Waals surface area contributed by atoms with Crippen molar-refractivity contribution in [2.45, 2.75) is 25.2 Å². The molecule has 1 aromatic carbocycles. The maximum atomic E-state index is 12.4. The van der Waals surface area contributed by atoms with Gasteiger partial charge in [0.25, 0.3) is 5.91 Å². The number of aliphatic hydroxyl groups is 1. The molecule has 0 aromatic heterocycles. The summed E-state index contributed by atoms with van der Waals surface area (Å²) in [5, 5.41) is 11.3. The van der Waals surface area contributed by atoms with Gasteiger partial charge in [-0.1, -0.05) is 19.9 Å². The van der Waals surface area contributed by atoms with Crippen LogP contribution in [-0.2, 0) is 10.0 Å². The Morgan fingerprint density at radius 2 is 1.95 bits per heavy atom. The molecule has 0 bridgehead atoms. The van der Waals surface area contributed by atoms with Gasteiger partial charge in [-0.2, -0.15) is 4.31 Å². The Morgan fingerprint density at radius 1 is 1.29 bits per heavy atom. The number of hydrogen-bond donors (Lipinski definition) is 2. The fourth-order valence-corrected chi connectivity index (χ4v) is 3.40. The molecule has 0 aliphatic heterocycles. The minimum atomic E-state index is -3.57. The van der Waals surface area contributed by atoms with Crippen LogP contribution in [0, 0.1) is 0 Å². The van der Waals surface area contributed by atoms with Gasteiger partial charge >= 0.3 is 0 Å². The van der Waals surface area contributed by atoms with Crippen LogP contribution in [0.15, 0.2) is 29.2 Å². The smallest absolute Gasteiger partial charge is 0.251 e. The summed E-state index contributed by atoms with van der Waals surface area (Å²) in [7, 11) is -3.57. The number of nitrogens with one attached hydrogen (secondary N) is 1. The minimum absolute atomic E-state index is 0.00331. The van der Waals surface area contributed by atoms with E-state index in [0.29, 0.717) is 31.6 Å². The average molecular weight is 314 g/mol. The summed E-state index contributed by atoms with van der Waals surface area (Å²) >= 11 is 0. The number of nitrogens with zero attached hydrogens (tertiary/aromatic N) is 1. The maximum Gasteiger partial charge on any atom is 0.251 e. The Bertz CT molecular complexity index is 568. The van der Waals surface area contributed by atoms with Crippen molar-refractivity contribution in [1.29, 1.82) is 0 Å². The Kier molecular flexibility index (Phi) is 6.80. The van der Waals surface area contributed by atoms with Gasteiger partial charge in [0.2, 0.25) is 10.0 Å². The van der Waals surface area contributed by atoms with Crippen LogP contribution < -0.4 is 5.32 Å². The molecule has 0 unspecified atom stereocenters. The van der Waals surface area contributed by atoms with E-state index in [2.05, 4.69) is 5.32 Å². The van der Waals surface area contributed by atoms with Crippen molar-refractivity contribution in [3.63, 3.8) is 0 Å². The van der Waals surface area contributed by atoms with Crippen LogP contribution in [0.4, 0.5) is 0 Å². The quantitative estimate of drug-likeness (QED) is 0.696. The molecular weight excluding hydrogens is 292 g/mol. The molecular formula is C14H22N2O4S. The van der Waals surface area contributed by atoms with E-state index in [1.54, 1.807) is 26.0 Å². The van der Waals surface area contributed by atoms with Gasteiger partial charge in [0.1, 0.15) is 0 Å². The molecule has 0 aliphatic rings. The lowest BCUT2D eigenvalue weighted by Crippen LogP contribution is -2.31. The molecule has 2 N–H and O–H groups in total. The van der Waals surface area contributed by atoms with Crippen LogP contribution in [0.25, 0.3) is 0 Å². The topological polar surface area (TPSA) is 86.7 Å². The summed E-state index contributed by atoms with van der Waals surface area (Å²) in [5.74, 6) is -0.347. The molecule has 0 spiro atoms. The molecule has 0 atom stereocenters. The Labute approximate surface area is 125 Å². The molecule has 1 rings (SSSR count). The molecule has 0 fully saturated rings. The van der Waals surface area contributed by atoms with E-state index in [1.807, 2.05) is 0 Å². The number of aliphatic hydroxyl groups excluding tert-OH is 1. The number of sulfonamides is 1. The average Bonchev–Trinajstić information content (AvgIpc) is 2.48. The third-order valence-electron chi connectivity index (χ3n) is 3.06. The first-order valence-corrected chi connectivity index (χ1v) is 8.40. The van der Waals surface area contributed by atoms with E-state index in [1.165, 1.54) is 16.4 Å². The molecule has 0 saturated carbocycles. The van der Waals surface area contributed by atoms with Crippen molar-refractivity contribution < 1.29 is 18.3 Å². The van der Waals surface area contributed by atoms with Gasteiger partial charge in [0.15, 0.2) is 0 Å². The van der Waals surface area contributed by atoms with Crippen molar-refractivity contribution in [3.8, 4) is 0 Å². The van der Waals surface area contributed by atoms with E-state index in [-0.39, 0.29) is 17.4 Å². The number of rotatable bonds is 8. The molecule has 21 heavy (non-hydrogen) atoms. The lowest BCUT2D eigenvalue weighted by Gasteiger charge is -2.18. The van der Waals surface area contributed by atoms with Crippen LogP contribution in [0.3, 0.4) is 0 Å². The molecule has 0 heterocycles. The number of carbonyl (C=O) groups excluding carboxylic acids is 1. The summed E-state index contributed by atoms with van der Waals surface area (Å²) in [5.41, 5.74) is 0.293. The van der Waals surface area contributed by atoms with Gasteiger partial charge in [0.05, 0.1) is 4.90 Å². The number of amides is 1. The van der Waals surface area contributed by atoms with Crippen LogP contribution in [0.2, 0.25) is 0 Å². The molecule has 0 saturated heterocycles. The highest BCUT2D eigenvalue weighted by atomic mass is 32.2. The van der Waals surface area contributed by atoms with Crippen molar-refractivity contribution in [2.24, 2.45) is 0 Å². The largest absolute Gasteiger partial charge is 0.396 e. The highest BCUT2D eigenvalue weighted by Gasteiger charge is 2.22. The van der Waals surface area contributed by atoms with E-state index < -0.39 is 10.0 Å². The highest BCUT2D eigenvalue weighted by Crippen LogP contribution is 2.16. The van der Waals surface area contributed by atoms with Crippen LogP contribution in [-0.4, -0.2) is 50.0 Å². The van der Waals surface area contributed by atoms with Crippen molar-refractivity contribution in [3.05, 3.63) is 29.8 Å². The van der Waals surface area contributed by atoms with Gasteiger partial charge in [-0.05, 0) is 24.6 Å². The first-order chi connectivity index (χ1) is 9.97. The first-order valence-electron chi connectivity index (χ1n) is 6.96. The van der Waals surface area contributed by atoms with Gasteiger partial charge in [-0.15, -0.1) is 0 Å². The van der Waals surface area contributed by atoms with Gasteiger partial charge in [-0.25, -0.2) is 8.42 Å². The Balaban J connectivity index is 2.97. The Hall–Kier alpha value is -1.44. The fraction of sp³-hybridized carbons (Fsp3) is 0.500. The predicted octanol–water partition coefficient (Wildman–Crippen LogP) is 0.829. The first kappa shape index (κ1) is 17.6. The summed E-state index contributed by atoms with van der Waals surface area (Å²) in [6.45, 7) is 4.65. The molecule has 6 nitrogen and oxygen atoms in total. The monoisotopic (exact) mass is 314 g/mol. The highest BCUT2D eigenvalue weighted by molar-refractivity contribution is 7.89. The predicted molar refractivity (Wildman–Crippen MR) is 80.6 cm³/mol. The summed E-state index contributed by atoms with van der Waals surface area (Å²) in [6, 6.07) is 5.98. The molecule has 1 amide bonds. The van der Waals surface area contributed by atoms with Crippen LogP contribution in [0.5, 0.6) is 0 Å². The van der Waals surface area contributed by atoms with E-state index >= 15 is 0 Å². The van der Waals surface area contributed by atoms with Gasteiger partial charge in [0, 0.05) is 31.8 Å². The second kappa shape index (κ2) is 8.11. The van der Waals surface area contributed by atoms with E-state index in [0.717, 1.165) is 0 Å². The zero-order valence-corrected chi connectivity index (χ0v) is 13.2. The summed E-state index contributed by atoms with van der Waals surface area (Å²) in [6.07, 6.45) is 0.461. The minimum Gasteiger partial charge on any atom is -0.396 e. The van der Waals surface area contributed by atoms with E-state index in [9.17, 15) is 13.2 Å². The molecule has 0 radical (unpaired) electrons. The third-order valence-corrected chi connectivity index (χ3v) is 5.11. The maximum absolute atomic E-state index is 12.4. The summed E-state index contributed by atoms with van der Waals surface area (Å²) < 4.78 is 26.1. The second-order valence-corrected chi connectivity index (χ2v) is 6.39. The number of benzene rings is 1. The van der Waals surface area contributed by atoms with Gasteiger partial charge < -0.3 is 10.4 Å². The lowest BCUT2D eigenvalue weighted by molar-refractivity contribution is 0.0951. The van der Waals surface area contributed by atoms with Crippen molar-refractivity contribution in [1.82, 2.24) is 9.62 Å². The van der Waals surface area contributed by atoms with Crippen molar-refractivity contribution in [2.75, 3.05) is 26.2 Å². The Morgan fingerprint density at radius 3 is 2.52 bits per heavy atom. The standard InChI is InChI=1S/C14H22N2O4S/c1-3-16(4-2)21(19,20)13-8-5-7-12(11-13)14(18)15-9-6-10-17/h5,7-8,11,17H,3-4,6,9-10H2,1-2H3,(H,15,18). The summed E-state index contributed by atoms with van der Waals surface area (Å²) in [4.78, 5) is 12.0. The van der Waals surface area contributed by atoms with Crippen molar-refractivity contribution >= 4 is 15.9 Å². The normalized spacial score (nSPS) is 11.6. The molecule has 118 valence electrons. The van der Waals surface area contributed by atoms with Gasteiger partial charge in [-0.3, -0.25) is 4.79 Å². The molecule has 7 heteroatoms. The molecule has 0 aliphatic carbocycles. The zero-order valence-electron chi connectivity index (χ0n) is 12.4. The number of carbonyl (C=O) groups is 1. The molecule has 1 aromatic rings. The van der Waals surface area contributed by atoms with E-state index in [4.69, 9.17) is 5.11 Å². The van der Waals surface area contributed by atoms with Crippen LogP contribution in [0.1, 0.15) is 30.6 Å². The fourth-order valence-electron chi connectivity index (χ4n) is 1.89. The second-order valence-electron chi connectivity index (χ2n) is 4.45. The third kappa shape index (κ3) is 4.52. The van der Waals surface area contributed by atoms with Crippen LogP contribution >= 0.6 is 0 Å². The number of hydrogen-bond acceptors (Lipinski definition) is 4. The lowest BCUT2D eigenvalue weighted by atomic mass is 10.2.